The number of halogens is 2. The Morgan fingerprint density at radius 2 is 1.82 bits per heavy atom. The van der Waals surface area contributed by atoms with Crippen molar-refractivity contribution in [2.45, 2.75) is 6.42 Å². The first kappa shape index (κ1) is 16.0. The van der Waals surface area contributed by atoms with Gasteiger partial charge in [-0.25, -0.2) is 9.18 Å². The van der Waals surface area contributed by atoms with Crippen molar-refractivity contribution in [3.8, 4) is 5.75 Å². The zero-order chi connectivity index (χ0) is 16.1. The van der Waals surface area contributed by atoms with Crippen LogP contribution in [0.15, 0.2) is 42.5 Å². The van der Waals surface area contributed by atoms with Crippen LogP contribution in [0.4, 0.5) is 4.39 Å². The zero-order valence-corrected chi connectivity index (χ0v) is 12.4. The summed E-state index contributed by atoms with van der Waals surface area (Å²) < 4.78 is 23.2. The van der Waals surface area contributed by atoms with Crippen molar-refractivity contribution in [2.75, 3.05) is 7.11 Å². The van der Waals surface area contributed by atoms with Crippen LogP contribution in [0.25, 0.3) is 0 Å². The van der Waals surface area contributed by atoms with Crippen LogP contribution in [-0.2, 0) is 16.0 Å². The van der Waals surface area contributed by atoms with Crippen molar-refractivity contribution in [3.05, 3.63) is 64.4 Å². The molecule has 0 amide bonds. The number of hydrogen-bond acceptors (Lipinski definition) is 4. The van der Waals surface area contributed by atoms with Crippen LogP contribution in [0, 0.1) is 5.82 Å². The third-order valence-corrected chi connectivity index (χ3v) is 3.24. The van der Waals surface area contributed by atoms with Crippen molar-refractivity contribution >= 4 is 23.5 Å². The predicted molar refractivity (Wildman–Crippen MR) is 78.5 cm³/mol. The number of carbonyl (C=O) groups is 2. The Balaban J connectivity index is 2.05. The Hall–Kier alpha value is -2.40. The third kappa shape index (κ3) is 3.83. The summed E-state index contributed by atoms with van der Waals surface area (Å²) in [6.45, 7) is 0. The molecule has 2 aromatic carbocycles. The molecule has 0 unspecified atom stereocenters. The molecule has 2 rings (SSSR count). The van der Waals surface area contributed by atoms with E-state index < -0.39 is 17.8 Å². The molecule has 2 aromatic rings. The first-order valence-electron chi connectivity index (χ1n) is 6.33. The molecule has 0 aromatic heterocycles. The molecule has 4 nitrogen and oxygen atoms in total. The molecule has 0 aliphatic heterocycles. The molecule has 0 saturated heterocycles. The second-order valence-corrected chi connectivity index (χ2v) is 4.77. The maximum atomic E-state index is 13.6. The first-order valence-corrected chi connectivity index (χ1v) is 6.71. The Kier molecular flexibility index (Phi) is 5.12. The number of esters is 2. The number of ether oxygens (including phenoxy) is 2. The summed E-state index contributed by atoms with van der Waals surface area (Å²) in [6.07, 6.45) is -0.287. The van der Waals surface area contributed by atoms with E-state index in [2.05, 4.69) is 4.74 Å². The minimum Gasteiger partial charge on any atom is -0.465 e. The summed E-state index contributed by atoms with van der Waals surface area (Å²) in [7, 11) is 1.27. The van der Waals surface area contributed by atoms with E-state index in [-0.39, 0.29) is 22.8 Å². The van der Waals surface area contributed by atoms with E-state index in [1.807, 2.05) is 0 Å². The molecule has 0 heterocycles. The van der Waals surface area contributed by atoms with Gasteiger partial charge in [-0.15, -0.1) is 0 Å². The van der Waals surface area contributed by atoms with E-state index in [0.29, 0.717) is 5.56 Å². The van der Waals surface area contributed by atoms with Gasteiger partial charge in [-0.3, -0.25) is 4.79 Å². The van der Waals surface area contributed by atoms with E-state index in [1.165, 1.54) is 49.6 Å². The predicted octanol–water partition coefficient (Wildman–Crippen LogP) is 3.41. The van der Waals surface area contributed by atoms with E-state index in [4.69, 9.17) is 16.3 Å². The van der Waals surface area contributed by atoms with Crippen LogP contribution in [0.1, 0.15) is 15.9 Å². The largest absolute Gasteiger partial charge is 0.465 e. The van der Waals surface area contributed by atoms with E-state index in [9.17, 15) is 14.0 Å². The number of methoxy groups -OCH3 is 1. The number of rotatable bonds is 4. The second-order valence-electron chi connectivity index (χ2n) is 4.37. The number of carbonyl (C=O) groups excluding carboxylic acids is 2. The Morgan fingerprint density at radius 1 is 1.14 bits per heavy atom. The third-order valence-electron chi connectivity index (χ3n) is 2.89. The van der Waals surface area contributed by atoms with Crippen LogP contribution < -0.4 is 4.74 Å². The standard InChI is InChI=1S/C16H12ClFO4/c1-21-16(20)10-5-7-11(8-6-10)22-15(19)9-12-13(17)3-2-4-14(12)18/h2-8H,9H2,1H3. The van der Waals surface area contributed by atoms with Crippen LogP contribution in [-0.4, -0.2) is 19.0 Å². The Labute approximate surface area is 131 Å². The smallest absolute Gasteiger partial charge is 0.337 e. The lowest BCUT2D eigenvalue weighted by molar-refractivity contribution is -0.133. The van der Waals surface area contributed by atoms with Crippen molar-refractivity contribution in [1.29, 1.82) is 0 Å². The molecule has 0 N–H and O–H groups in total. The van der Waals surface area contributed by atoms with Gasteiger partial charge >= 0.3 is 11.9 Å². The fourth-order valence-corrected chi connectivity index (χ4v) is 2.02. The zero-order valence-electron chi connectivity index (χ0n) is 11.6. The summed E-state index contributed by atoms with van der Waals surface area (Å²) in [4.78, 5) is 23.1. The van der Waals surface area contributed by atoms with Gasteiger partial charge in [-0.1, -0.05) is 17.7 Å². The molecular formula is C16H12ClFO4. The minimum absolute atomic E-state index is 0.0837. The Morgan fingerprint density at radius 3 is 2.41 bits per heavy atom. The van der Waals surface area contributed by atoms with Gasteiger partial charge in [0.25, 0.3) is 0 Å². The van der Waals surface area contributed by atoms with E-state index in [1.54, 1.807) is 0 Å². The van der Waals surface area contributed by atoms with Gasteiger partial charge in [0, 0.05) is 10.6 Å². The molecule has 0 radical (unpaired) electrons. The molecule has 0 spiro atoms. The topological polar surface area (TPSA) is 52.6 Å². The maximum absolute atomic E-state index is 13.6. The van der Waals surface area contributed by atoms with Gasteiger partial charge < -0.3 is 9.47 Å². The van der Waals surface area contributed by atoms with Gasteiger partial charge in [0.1, 0.15) is 11.6 Å². The summed E-state index contributed by atoms with van der Waals surface area (Å²) in [5.41, 5.74) is 0.416. The average molecular weight is 323 g/mol. The van der Waals surface area contributed by atoms with Crippen molar-refractivity contribution < 1.29 is 23.5 Å². The van der Waals surface area contributed by atoms with Crippen LogP contribution in [0.2, 0.25) is 5.02 Å². The molecule has 0 fully saturated rings. The van der Waals surface area contributed by atoms with E-state index in [0.717, 1.165) is 0 Å². The fraction of sp³-hybridized carbons (Fsp3) is 0.125. The average Bonchev–Trinajstić information content (AvgIpc) is 2.51. The summed E-state index contributed by atoms with van der Waals surface area (Å²) >= 11 is 5.85. The molecule has 114 valence electrons. The maximum Gasteiger partial charge on any atom is 0.337 e. The lowest BCUT2D eigenvalue weighted by Gasteiger charge is -2.07. The van der Waals surface area contributed by atoms with Crippen molar-refractivity contribution in [2.24, 2.45) is 0 Å². The van der Waals surface area contributed by atoms with Crippen molar-refractivity contribution in [3.63, 3.8) is 0 Å². The lowest BCUT2D eigenvalue weighted by atomic mass is 10.1. The summed E-state index contributed by atoms with van der Waals surface area (Å²) in [5, 5.41) is 0.165. The highest BCUT2D eigenvalue weighted by molar-refractivity contribution is 6.31. The molecular weight excluding hydrogens is 311 g/mol. The normalized spacial score (nSPS) is 10.1. The van der Waals surface area contributed by atoms with Gasteiger partial charge in [-0.05, 0) is 36.4 Å². The molecule has 22 heavy (non-hydrogen) atoms. The monoisotopic (exact) mass is 322 g/mol. The molecule has 0 atom stereocenters. The van der Waals surface area contributed by atoms with Gasteiger partial charge in [0.05, 0.1) is 19.1 Å². The SMILES string of the molecule is COC(=O)c1ccc(OC(=O)Cc2c(F)cccc2Cl)cc1. The summed E-state index contributed by atoms with van der Waals surface area (Å²) in [6, 6.07) is 10.0. The highest BCUT2D eigenvalue weighted by Crippen LogP contribution is 2.20. The van der Waals surface area contributed by atoms with Crippen molar-refractivity contribution in [1.82, 2.24) is 0 Å². The quantitative estimate of drug-likeness (QED) is 0.639. The first-order chi connectivity index (χ1) is 10.5. The molecule has 0 bridgehead atoms. The molecule has 6 heteroatoms. The number of benzene rings is 2. The van der Waals surface area contributed by atoms with Crippen LogP contribution in [0.3, 0.4) is 0 Å². The highest BCUT2D eigenvalue weighted by Gasteiger charge is 2.14. The van der Waals surface area contributed by atoms with Crippen LogP contribution >= 0.6 is 11.6 Å². The van der Waals surface area contributed by atoms with Gasteiger partial charge in [-0.2, -0.15) is 0 Å². The fourth-order valence-electron chi connectivity index (χ4n) is 1.79. The van der Waals surface area contributed by atoms with E-state index >= 15 is 0 Å². The highest BCUT2D eigenvalue weighted by atomic mass is 35.5. The van der Waals surface area contributed by atoms with Gasteiger partial charge in [0.2, 0.25) is 0 Å². The van der Waals surface area contributed by atoms with Crippen LogP contribution in [0.5, 0.6) is 5.75 Å². The Bertz CT molecular complexity index is 678. The molecule has 0 aliphatic rings. The lowest BCUT2D eigenvalue weighted by Crippen LogP contribution is -2.13. The molecule has 0 saturated carbocycles. The number of hydrogen-bond donors (Lipinski definition) is 0. The second kappa shape index (κ2) is 7.04. The van der Waals surface area contributed by atoms with Gasteiger partial charge in [0.15, 0.2) is 0 Å². The summed E-state index contributed by atoms with van der Waals surface area (Å²) in [5.74, 6) is -1.47. The minimum atomic E-state index is -0.655. The molecule has 0 aliphatic carbocycles.